The summed E-state index contributed by atoms with van der Waals surface area (Å²) < 4.78 is 0. The summed E-state index contributed by atoms with van der Waals surface area (Å²) in [5, 5.41) is 3.66. The fourth-order valence-electron chi connectivity index (χ4n) is 6.51. The van der Waals surface area contributed by atoms with E-state index in [2.05, 4.69) is 24.2 Å². The lowest BCUT2D eigenvalue weighted by Crippen LogP contribution is -2.54. The summed E-state index contributed by atoms with van der Waals surface area (Å²) in [7, 11) is 2.36. The van der Waals surface area contributed by atoms with E-state index in [4.69, 9.17) is 0 Å². The monoisotopic (exact) mass is 276 g/mol. The highest BCUT2D eigenvalue weighted by molar-refractivity contribution is 5.06. The third-order valence-corrected chi connectivity index (χ3v) is 6.58. The molecule has 0 aromatic carbocycles. The fraction of sp³-hybridized carbons (Fsp3) is 1.00. The van der Waals surface area contributed by atoms with Crippen molar-refractivity contribution in [2.24, 2.45) is 22.7 Å². The van der Waals surface area contributed by atoms with Crippen LogP contribution >= 0.6 is 0 Å². The molecule has 2 nitrogen and oxygen atoms in total. The molecule has 0 aromatic rings. The maximum atomic E-state index is 3.66. The number of nitrogens with one attached hydrogen (secondary N) is 1. The molecular formula is C18H32N2. The summed E-state index contributed by atoms with van der Waals surface area (Å²) in [5.41, 5.74) is 1.39. The van der Waals surface area contributed by atoms with Crippen LogP contribution in [-0.4, -0.2) is 37.6 Å². The van der Waals surface area contributed by atoms with Crippen molar-refractivity contribution in [3.8, 4) is 0 Å². The van der Waals surface area contributed by atoms with Gasteiger partial charge in [0, 0.05) is 25.7 Å². The maximum absolute atomic E-state index is 3.66. The van der Waals surface area contributed by atoms with E-state index in [1.54, 1.807) is 19.3 Å². The van der Waals surface area contributed by atoms with E-state index in [0.717, 1.165) is 17.9 Å². The highest BCUT2D eigenvalue weighted by atomic mass is 15.1. The molecule has 0 spiro atoms. The molecule has 0 saturated heterocycles. The average molecular weight is 276 g/mol. The molecule has 20 heavy (non-hydrogen) atoms. The number of nitrogens with zero attached hydrogens (tertiary/aromatic N) is 1. The fourth-order valence-corrected chi connectivity index (χ4v) is 6.51. The summed E-state index contributed by atoms with van der Waals surface area (Å²) in [6, 6.07) is 0.863. The van der Waals surface area contributed by atoms with Gasteiger partial charge in [-0.15, -0.1) is 0 Å². The molecule has 2 heteroatoms. The second-order valence-corrected chi connectivity index (χ2v) is 9.24. The van der Waals surface area contributed by atoms with Crippen LogP contribution in [0.4, 0.5) is 0 Å². The third kappa shape index (κ3) is 2.66. The van der Waals surface area contributed by atoms with Crippen molar-refractivity contribution in [3.63, 3.8) is 0 Å². The Labute approximate surface area is 124 Å². The Kier molecular flexibility index (Phi) is 3.20. The Morgan fingerprint density at radius 3 is 2.40 bits per heavy atom. The van der Waals surface area contributed by atoms with Gasteiger partial charge in [0.05, 0.1) is 0 Å². The molecule has 114 valence electrons. The van der Waals surface area contributed by atoms with Gasteiger partial charge in [0.2, 0.25) is 0 Å². The van der Waals surface area contributed by atoms with E-state index in [1.807, 2.05) is 0 Å². The van der Waals surface area contributed by atoms with Crippen LogP contribution in [-0.2, 0) is 0 Å². The van der Waals surface area contributed by atoms with Gasteiger partial charge >= 0.3 is 0 Å². The first-order valence-electron chi connectivity index (χ1n) is 8.96. The van der Waals surface area contributed by atoms with Gasteiger partial charge in [0.1, 0.15) is 0 Å². The zero-order valence-electron chi connectivity index (χ0n) is 13.5. The van der Waals surface area contributed by atoms with E-state index >= 15 is 0 Å². The summed E-state index contributed by atoms with van der Waals surface area (Å²) in [5.74, 6) is 2.14. The van der Waals surface area contributed by atoms with E-state index in [-0.39, 0.29) is 0 Å². The number of hydrogen-bond acceptors (Lipinski definition) is 2. The first kappa shape index (κ1) is 13.6. The number of hydrogen-bond donors (Lipinski definition) is 1. The van der Waals surface area contributed by atoms with E-state index in [1.165, 1.54) is 51.7 Å². The molecule has 2 unspecified atom stereocenters. The van der Waals surface area contributed by atoms with Crippen LogP contribution in [0.15, 0.2) is 0 Å². The molecule has 1 N–H and O–H groups in total. The van der Waals surface area contributed by atoms with Crippen molar-refractivity contribution < 1.29 is 0 Å². The first-order chi connectivity index (χ1) is 9.54. The SMILES string of the molecule is CN(CCNC1CC1)CC12CC3CC(CC(C)(C3)C1)C2. The third-order valence-electron chi connectivity index (χ3n) is 6.58. The quantitative estimate of drug-likeness (QED) is 0.801. The molecule has 5 aliphatic carbocycles. The lowest BCUT2D eigenvalue weighted by atomic mass is 9.44. The topological polar surface area (TPSA) is 15.3 Å². The molecule has 0 aromatic heterocycles. The minimum Gasteiger partial charge on any atom is -0.313 e. The highest BCUT2D eigenvalue weighted by Crippen LogP contribution is 2.65. The summed E-state index contributed by atoms with van der Waals surface area (Å²) >= 11 is 0. The van der Waals surface area contributed by atoms with Crippen LogP contribution in [0, 0.1) is 22.7 Å². The first-order valence-corrected chi connectivity index (χ1v) is 8.96. The van der Waals surface area contributed by atoms with Crippen LogP contribution < -0.4 is 5.32 Å². The molecule has 5 aliphatic rings. The predicted molar refractivity (Wildman–Crippen MR) is 83.7 cm³/mol. The maximum Gasteiger partial charge on any atom is 0.0104 e. The van der Waals surface area contributed by atoms with Gasteiger partial charge < -0.3 is 10.2 Å². The second-order valence-electron chi connectivity index (χ2n) is 9.24. The second kappa shape index (κ2) is 4.71. The Hall–Kier alpha value is -0.0800. The van der Waals surface area contributed by atoms with Gasteiger partial charge in [0.15, 0.2) is 0 Å². The van der Waals surface area contributed by atoms with Crippen LogP contribution in [0.3, 0.4) is 0 Å². The predicted octanol–water partition coefficient (Wildman–Crippen LogP) is 3.28. The standard InChI is InChI=1S/C18H32N2/c1-17-8-14-7-15(9-17)11-18(10-14,12-17)13-20(2)6-5-19-16-3-4-16/h14-16,19H,3-13H2,1-2H3. The van der Waals surface area contributed by atoms with Crippen molar-refractivity contribution in [2.45, 2.75) is 64.3 Å². The molecule has 0 aliphatic heterocycles. The Bertz CT molecular complexity index is 360. The zero-order valence-corrected chi connectivity index (χ0v) is 13.5. The molecule has 5 rings (SSSR count). The molecule has 0 radical (unpaired) electrons. The normalized spacial score (nSPS) is 46.4. The van der Waals surface area contributed by atoms with Crippen LogP contribution in [0.1, 0.15) is 58.3 Å². The Balaban J connectivity index is 1.35. The van der Waals surface area contributed by atoms with Crippen LogP contribution in [0.25, 0.3) is 0 Å². The van der Waals surface area contributed by atoms with E-state index < -0.39 is 0 Å². The van der Waals surface area contributed by atoms with Crippen molar-refractivity contribution >= 4 is 0 Å². The van der Waals surface area contributed by atoms with Gasteiger partial charge in [-0.25, -0.2) is 0 Å². The van der Waals surface area contributed by atoms with Crippen molar-refractivity contribution in [1.29, 1.82) is 0 Å². The lowest BCUT2D eigenvalue weighted by Gasteiger charge is -2.62. The van der Waals surface area contributed by atoms with Crippen molar-refractivity contribution in [2.75, 3.05) is 26.7 Å². The summed E-state index contributed by atoms with van der Waals surface area (Å²) in [4.78, 5) is 2.63. The highest BCUT2D eigenvalue weighted by Gasteiger charge is 2.55. The Morgan fingerprint density at radius 1 is 1.10 bits per heavy atom. The molecule has 4 bridgehead atoms. The zero-order chi connectivity index (χ0) is 13.8. The molecule has 0 heterocycles. The average Bonchev–Trinajstić information content (AvgIpc) is 3.08. The smallest absolute Gasteiger partial charge is 0.0104 e. The van der Waals surface area contributed by atoms with E-state index in [9.17, 15) is 0 Å². The molecule has 5 fully saturated rings. The van der Waals surface area contributed by atoms with E-state index in [0.29, 0.717) is 10.8 Å². The number of rotatable bonds is 6. The largest absolute Gasteiger partial charge is 0.313 e. The van der Waals surface area contributed by atoms with Crippen molar-refractivity contribution in [3.05, 3.63) is 0 Å². The molecule has 0 amide bonds. The minimum absolute atomic E-state index is 0.688. The Morgan fingerprint density at radius 2 is 1.80 bits per heavy atom. The van der Waals surface area contributed by atoms with Gasteiger partial charge in [-0.1, -0.05) is 6.92 Å². The van der Waals surface area contributed by atoms with Gasteiger partial charge in [0.25, 0.3) is 0 Å². The van der Waals surface area contributed by atoms with Gasteiger partial charge in [-0.05, 0) is 81.1 Å². The van der Waals surface area contributed by atoms with Gasteiger partial charge in [-0.2, -0.15) is 0 Å². The minimum atomic E-state index is 0.688. The number of likely N-dealkylation sites (N-methyl/N-ethyl adjacent to an activating group) is 1. The molecule has 2 atom stereocenters. The van der Waals surface area contributed by atoms with Crippen LogP contribution in [0.5, 0.6) is 0 Å². The summed E-state index contributed by atoms with van der Waals surface area (Å²) in [6.07, 6.45) is 12.1. The summed E-state index contributed by atoms with van der Waals surface area (Å²) in [6.45, 7) is 6.39. The van der Waals surface area contributed by atoms with Crippen LogP contribution in [0.2, 0.25) is 0 Å². The molecule has 5 saturated carbocycles. The van der Waals surface area contributed by atoms with Gasteiger partial charge in [-0.3, -0.25) is 0 Å². The lowest BCUT2D eigenvalue weighted by molar-refractivity contribution is -0.111. The van der Waals surface area contributed by atoms with Crippen molar-refractivity contribution in [1.82, 2.24) is 10.2 Å². The molecular weight excluding hydrogens is 244 g/mol.